The van der Waals surface area contributed by atoms with Gasteiger partial charge >= 0.3 is 0 Å². The van der Waals surface area contributed by atoms with E-state index in [0.29, 0.717) is 12.1 Å². The number of Topliss-reactive ketones (excluding diaryl/α,β-unsaturated/α-hetero) is 1. The van der Waals surface area contributed by atoms with Crippen molar-refractivity contribution in [2.24, 2.45) is 0 Å². The summed E-state index contributed by atoms with van der Waals surface area (Å²) in [7, 11) is 0. The second-order valence-electron chi connectivity index (χ2n) is 4.70. The van der Waals surface area contributed by atoms with Crippen molar-refractivity contribution in [3.05, 3.63) is 23.0 Å². The molecule has 1 heterocycles. The highest BCUT2D eigenvalue weighted by molar-refractivity contribution is 6.33. The minimum atomic E-state index is -0.553. The predicted octanol–water partition coefficient (Wildman–Crippen LogP) is 2.44. The fourth-order valence-corrected chi connectivity index (χ4v) is 2.09. The van der Waals surface area contributed by atoms with E-state index in [1.54, 1.807) is 13.0 Å². The zero-order valence-electron chi connectivity index (χ0n) is 11.9. The predicted molar refractivity (Wildman–Crippen MR) is 76.9 cm³/mol. The summed E-state index contributed by atoms with van der Waals surface area (Å²) in [5.41, 5.74) is 2.29. The Morgan fingerprint density at radius 3 is 2.58 bits per heavy atom. The molecule has 106 valence electrons. The van der Waals surface area contributed by atoms with E-state index >= 15 is 0 Å². The Bertz CT molecular complexity index is 478. The lowest BCUT2D eigenvalue weighted by atomic mass is 10.1. The molecule has 0 saturated carbocycles. The third-order valence-corrected chi connectivity index (χ3v) is 3.27. The van der Waals surface area contributed by atoms with E-state index in [9.17, 15) is 9.59 Å². The molecule has 1 atom stereocenters. The van der Waals surface area contributed by atoms with Gasteiger partial charge in [0.15, 0.2) is 5.78 Å². The van der Waals surface area contributed by atoms with Crippen LogP contribution in [0.2, 0.25) is 0 Å². The highest BCUT2D eigenvalue weighted by Gasteiger charge is 2.20. The van der Waals surface area contributed by atoms with E-state index in [2.05, 4.69) is 5.32 Å². The van der Waals surface area contributed by atoms with Crippen molar-refractivity contribution in [2.75, 3.05) is 6.54 Å². The van der Waals surface area contributed by atoms with E-state index in [1.165, 1.54) is 0 Å². The summed E-state index contributed by atoms with van der Waals surface area (Å²) in [6, 6.07) is 1.80. The van der Waals surface area contributed by atoms with Gasteiger partial charge in [-0.3, -0.25) is 9.59 Å². The van der Waals surface area contributed by atoms with E-state index in [1.807, 2.05) is 25.3 Å². The van der Waals surface area contributed by atoms with Gasteiger partial charge in [-0.05, 0) is 33.3 Å². The van der Waals surface area contributed by atoms with Crippen LogP contribution >= 0.6 is 11.6 Å². The number of nitrogens with one attached hydrogen (secondary N) is 1. The summed E-state index contributed by atoms with van der Waals surface area (Å²) in [5.74, 6) is -0.142. The van der Waals surface area contributed by atoms with Crippen molar-refractivity contribution in [3.8, 4) is 0 Å². The molecular formula is C14H21ClN2O2. The number of carbonyl (C=O) groups is 2. The molecule has 1 aromatic heterocycles. The molecule has 4 nitrogen and oxygen atoms in total. The molecule has 5 heteroatoms. The van der Waals surface area contributed by atoms with Gasteiger partial charge < -0.3 is 9.88 Å². The second kappa shape index (κ2) is 6.75. The fourth-order valence-electron chi connectivity index (χ4n) is 1.97. The van der Waals surface area contributed by atoms with Crippen LogP contribution in [0.5, 0.6) is 0 Å². The molecule has 0 fully saturated rings. The van der Waals surface area contributed by atoms with Crippen molar-refractivity contribution in [1.29, 1.82) is 0 Å². The maximum atomic E-state index is 11.9. The van der Waals surface area contributed by atoms with Gasteiger partial charge in [-0.15, -0.1) is 11.6 Å². The monoisotopic (exact) mass is 284 g/mol. The number of halogens is 1. The number of alkyl halides is 1. The number of aromatic nitrogens is 1. The SMILES string of the molecule is CCCNC(=O)Cn1c(C)cc(C(=O)C(C)Cl)c1C. The summed E-state index contributed by atoms with van der Waals surface area (Å²) >= 11 is 5.83. The Morgan fingerprint density at radius 2 is 2.05 bits per heavy atom. The highest BCUT2D eigenvalue weighted by Crippen LogP contribution is 2.18. The summed E-state index contributed by atoms with van der Waals surface area (Å²) in [6.45, 7) is 8.29. The lowest BCUT2D eigenvalue weighted by Gasteiger charge is -2.10. The number of hydrogen-bond donors (Lipinski definition) is 1. The molecule has 19 heavy (non-hydrogen) atoms. The third-order valence-electron chi connectivity index (χ3n) is 3.07. The Hall–Kier alpha value is -1.29. The molecule has 1 aromatic rings. The first-order valence-electron chi connectivity index (χ1n) is 6.50. The average Bonchev–Trinajstić information content (AvgIpc) is 2.63. The van der Waals surface area contributed by atoms with E-state index < -0.39 is 5.38 Å². The number of amides is 1. The topological polar surface area (TPSA) is 51.1 Å². The molecule has 0 aliphatic rings. The first-order valence-corrected chi connectivity index (χ1v) is 6.93. The minimum absolute atomic E-state index is 0.0402. The van der Waals surface area contributed by atoms with Gasteiger partial charge in [0, 0.05) is 23.5 Å². The van der Waals surface area contributed by atoms with Crippen molar-refractivity contribution in [3.63, 3.8) is 0 Å². The van der Waals surface area contributed by atoms with Crippen LogP contribution in [0.25, 0.3) is 0 Å². The van der Waals surface area contributed by atoms with Crippen LogP contribution in [0.3, 0.4) is 0 Å². The van der Waals surface area contributed by atoms with Crippen LogP contribution < -0.4 is 5.32 Å². The zero-order valence-corrected chi connectivity index (χ0v) is 12.7. The molecule has 1 rings (SSSR count). The van der Waals surface area contributed by atoms with Gasteiger partial charge in [0.1, 0.15) is 6.54 Å². The normalized spacial score (nSPS) is 12.3. The van der Waals surface area contributed by atoms with E-state index in [4.69, 9.17) is 11.6 Å². The van der Waals surface area contributed by atoms with Crippen molar-refractivity contribution in [2.45, 2.75) is 46.0 Å². The molecule has 1 unspecified atom stereocenters. The fraction of sp³-hybridized carbons (Fsp3) is 0.571. The van der Waals surface area contributed by atoms with Crippen LogP contribution in [-0.2, 0) is 11.3 Å². The van der Waals surface area contributed by atoms with E-state index in [-0.39, 0.29) is 18.2 Å². The lowest BCUT2D eigenvalue weighted by Crippen LogP contribution is -2.28. The van der Waals surface area contributed by atoms with Crippen LogP contribution in [0.15, 0.2) is 6.07 Å². The van der Waals surface area contributed by atoms with Gasteiger partial charge in [-0.2, -0.15) is 0 Å². The van der Waals surface area contributed by atoms with Gasteiger partial charge in [-0.25, -0.2) is 0 Å². The molecule has 0 bridgehead atoms. The Morgan fingerprint density at radius 1 is 1.42 bits per heavy atom. The largest absolute Gasteiger partial charge is 0.355 e. The maximum Gasteiger partial charge on any atom is 0.239 e. The summed E-state index contributed by atoms with van der Waals surface area (Å²) in [5, 5.41) is 2.27. The van der Waals surface area contributed by atoms with Crippen LogP contribution in [0, 0.1) is 13.8 Å². The Labute approximate surface area is 119 Å². The molecule has 0 spiro atoms. The third kappa shape index (κ3) is 3.83. The number of carbonyl (C=O) groups excluding carboxylic acids is 2. The van der Waals surface area contributed by atoms with Gasteiger partial charge in [-0.1, -0.05) is 6.92 Å². The highest BCUT2D eigenvalue weighted by atomic mass is 35.5. The molecular weight excluding hydrogens is 264 g/mol. The van der Waals surface area contributed by atoms with Crippen molar-refractivity contribution < 1.29 is 9.59 Å². The van der Waals surface area contributed by atoms with Gasteiger partial charge in [0.2, 0.25) is 5.91 Å². The molecule has 0 aliphatic heterocycles. The Kier molecular flexibility index (Phi) is 5.60. The van der Waals surface area contributed by atoms with Crippen LogP contribution in [0.4, 0.5) is 0 Å². The van der Waals surface area contributed by atoms with E-state index in [0.717, 1.165) is 17.8 Å². The van der Waals surface area contributed by atoms with Gasteiger partial charge in [0.05, 0.1) is 5.38 Å². The first-order chi connectivity index (χ1) is 8.88. The number of ketones is 1. The molecule has 1 amide bonds. The molecule has 0 radical (unpaired) electrons. The standard InChI is InChI=1S/C14H21ClN2O2/c1-5-6-16-13(18)8-17-9(2)7-12(11(17)4)14(19)10(3)15/h7,10H,5-6,8H2,1-4H3,(H,16,18). The summed E-state index contributed by atoms with van der Waals surface area (Å²) < 4.78 is 1.84. The molecule has 1 N–H and O–H groups in total. The first kappa shape index (κ1) is 15.8. The summed E-state index contributed by atoms with van der Waals surface area (Å²) in [4.78, 5) is 23.7. The Balaban J connectivity index is 2.91. The average molecular weight is 285 g/mol. The molecule has 0 aliphatic carbocycles. The number of aryl methyl sites for hydroxylation is 1. The number of hydrogen-bond acceptors (Lipinski definition) is 2. The maximum absolute atomic E-state index is 11.9. The summed E-state index contributed by atoms with van der Waals surface area (Å²) in [6.07, 6.45) is 0.906. The second-order valence-corrected chi connectivity index (χ2v) is 5.36. The lowest BCUT2D eigenvalue weighted by molar-refractivity contribution is -0.121. The van der Waals surface area contributed by atoms with Crippen LogP contribution in [0.1, 0.15) is 42.0 Å². The van der Waals surface area contributed by atoms with Crippen molar-refractivity contribution >= 4 is 23.3 Å². The molecule has 0 saturated heterocycles. The quantitative estimate of drug-likeness (QED) is 0.644. The van der Waals surface area contributed by atoms with Crippen LogP contribution in [-0.4, -0.2) is 28.2 Å². The smallest absolute Gasteiger partial charge is 0.239 e. The zero-order chi connectivity index (χ0) is 14.6. The van der Waals surface area contributed by atoms with Gasteiger partial charge in [0.25, 0.3) is 0 Å². The minimum Gasteiger partial charge on any atom is -0.355 e. The van der Waals surface area contributed by atoms with Crippen molar-refractivity contribution in [1.82, 2.24) is 9.88 Å². The number of nitrogens with zero attached hydrogens (tertiary/aromatic N) is 1. The number of rotatable bonds is 6. The molecule has 0 aromatic carbocycles.